The summed E-state index contributed by atoms with van der Waals surface area (Å²) in [6.45, 7) is 8.18. The van der Waals surface area contributed by atoms with E-state index in [1.165, 1.54) is 16.7 Å². The van der Waals surface area contributed by atoms with Gasteiger partial charge in [-0.1, -0.05) is 13.0 Å². The Balaban J connectivity index is 3.04. The van der Waals surface area contributed by atoms with Crippen LogP contribution in [0.3, 0.4) is 0 Å². The minimum absolute atomic E-state index is 0.287. The molecule has 0 saturated carbocycles. The summed E-state index contributed by atoms with van der Waals surface area (Å²) in [5.41, 5.74) is 3.78. The Morgan fingerprint density at radius 3 is 2.53 bits per heavy atom. The summed E-state index contributed by atoms with van der Waals surface area (Å²) < 4.78 is 10.8. The van der Waals surface area contributed by atoms with Gasteiger partial charge in [0, 0.05) is 25.3 Å². The molecule has 108 valence electrons. The van der Waals surface area contributed by atoms with Gasteiger partial charge in [0.2, 0.25) is 0 Å². The number of hydrogen-bond donors (Lipinski definition) is 1. The van der Waals surface area contributed by atoms with Crippen molar-refractivity contribution in [3.05, 3.63) is 28.8 Å². The van der Waals surface area contributed by atoms with Gasteiger partial charge < -0.3 is 14.8 Å². The highest BCUT2D eigenvalue weighted by atomic mass is 16.5. The number of aryl methyl sites for hydroxylation is 2. The third kappa shape index (κ3) is 4.51. The molecule has 1 aromatic rings. The lowest BCUT2D eigenvalue weighted by Gasteiger charge is -2.23. The van der Waals surface area contributed by atoms with E-state index in [2.05, 4.69) is 38.2 Å². The summed E-state index contributed by atoms with van der Waals surface area (Å²) in [6.07, 6.45) is 2.08. The maximum Gasteiger partial charge on any atom is 0.124 e. The first kappa shape index (κ1) is 16.0. The minimum atomic E-state index is 0.287. The van der Waals surface area contributed by atoms with Gasteiger partial charge in [0.1, 0.15) is 5.75 Å². The fourth-order valence-electron chi connectivity index (χ4n) is 2.46. The lowest BCUT2D eigenvalue weighted by Crippen LogP contribution is -2.24. The van der Waals surface area contributed by atoms with Crippen molar-refractivity contribution in [3.8, 4) is 5.75 Å². The van der Waals surface area contributed by atoms with Gasteiger partial charge in [-0.15, -0.1) is 0 Å². The molecule has 3 nitrogen and oxygen atoms in total. The molecule has 0 radical (unpaired) electrons. The van der Waals surface area contributed by atoms with Crippen molar-refractivity contribution < 1.29 is 9.47 Å². The molecule has 0 saturated heterocycles. The zero-order chi connectivity index (χ0) is 14.3. The van der Waals surface area contributed by atoms with Crippen molar-refractivity contribution >= 4 is 0 Å². The minimum Gasteiger partial charge on any atom is -0.496 e. The summed E-state index contributed by atoms with van der Waals surface area (Å²) in [7, 11) is 3.49. The van der Waals surface area contributed by atoms with Gasteiger partial charge in [-0.25, -0.2) is 0 Å². The zero-order valence-corrected chi connectivity index (χ0v) is 12.9. The summed E-state index contributed by atoms with van der Waals surface area (Å²) >= 11 is 0. The summed E-state index contributed by atoms with van der Waals surface area (Å²) in [5.74, 6) is 0.974. The van der Waals surface area contributed by atoms with E-state index in [9.17, 15) is 0 Å². The molecule has 19 heavy (non-hydrogen) atoms. The van der Waals surface area contributed by atoms with Gasteiger partial charge >= 0.3 is 0 Å². The van der Waals surface area contributed by atoms with Gasteiger partial charge in [0.25, 0.3) is 0 Å². The molecular formula is C16H27NO2. The highest BCUT2D eigenvalue weighted by molar-refractivity contribution is 5.45. The first-order valence-corrected chi connectivity index (χ1v) is 7.01. The van der Waals surface area contributed by atoms with Crippen LogP contribution in [-0.2, 0) is 4.74 Å². The Morgan fingerprint density at radius 2 is 1.95 bits per heavy atom. The number of hydrogen-bond acceptors (Lipinski definition) is 3. The molecule has 0 bridgehead atoms. The van der Waals surface area contributed by atoms with Crippen LogP contribution >= 0.6 is 0 Å². The van der Waals surface area contributed by atoms with E-state index in [0.29, 0.717) is 0 Å². The smallest absolute Gasteiger partial charge is 0.124 e. The van der Waals surface area contributed by atoms with Crippen LogP contribution in [0.25, 0.3) is 0 Å². The predicted molar refractivity (Wildman–Crippen MR) is 80.0 cm³/mol. The molecule has 1 unspecified atom stereocenters. The molecule has 0 amide bonds. The first-order chi connectivity index (χ1) is 9.13. The second-order valence-corrected chi connectivity index (χ2v) is 4.99. The van der Waals surface area contributed by atoms with Gasteiger partial charge in [-0.05, 0) is 50.4 Å². The molecule has 0 aromatic heterocycles. The summed E-state index contributed by atoms with van der Waals surface area (Å²) in [5, 5.41) is 3.60. The number of ether oxygens (including phenoxy) is 2. The largest absolute Gasteiger partial charge is 0.496 e. The van der Waals surface area contributed by atoms with Crippen LogP contribution in [0.15, 0.2) is 12.1 Å². The van der Waals surface area contributed by atoms with Gasteiger partial charge in [-0.2, -0.15) is 0 Å². The Labute approximate surface area is 117 Å². The molecule has 0 heterocycles. The maximum atomic E-state index is 5.57. The summed E-state index contributed by atoms with van der Waals surface area (Å²) in [4.78, 5) is 0. The average molecular weight is 265 g/mol. The SMILES string of the molecule is CCCNC(CCOC)c1c(C)cc(C)cc1OC. The van der Waals surface area contributed by atoms with Crippen LogP contribution in [0, 0.1) is 13.8 Å². The molecule has 1 N–H and O–H groups in total. The fraction of sp³-hybridized carbons (Fsp3) is 0.625. The lowest BCUT2D eigenvalue weighted by atomic mass is 9.95. The first-order valence-electron chi connectivity index (χ1n) is 7.01. The van der Waals surface area contributed by atoms with E-state index < -0.39 is 0 Å². The number of rotatable bonds is 8. The monoisotopic (exact) mass is 265 g/mol. The molecule has 3 heteroatoms. The lowest BCUT2D eigenvalue weighted by molar-refractivity contribution is 0.182. The van der Waals surface area contributed by atoms with Gasteiger partial charge in [0.05, 0.1) is 7.11 Å². The van der Waals surface area contributed by atoms with Crippen LogP contribution in [0.1, 0.15) is 42.5 Å². The highest BCUT2D eigenvalue weighted by Crippen LogP contribution is 2.31. The van der Waals surface area contributed by atoms with Crippen LogP contribution in [0.4, 0.5) is 0 Å². The van der Waals surface area contributed by atoms with Gasteiger partial charge in [-0.3, -0.25) is 0 Å². The maximum absolute atomic E-state index is 5.57. The normalized spacial score (nSPS) is 12.5. The van der Waals surface area contributed by atoms with Crippen molar-refractivity contribution in [2.45, 2.75) is 39.7 Å². The molecule has 1 rings (SSSR count). The van der Waals surface area contributed by atoms with E-state index in [4.69, 9.17) is 9.47 Å². The van der Waals surface area contributed by atoms with Gasteiger partial charge in [0.15, 0.2) is 0 Å². The van der Waals surface area contributed by atoms with Crippen LogP contribution in [0.2, 0.25) is 0 Å². The topological polar surface area (TPSA) is 30.5 Å². The Kier molecular flexibility index (Phi) is 6.89. The van der Waals surface area contributed by atoms with Crippen molar-refractivity contribution in [3.63, 3.8) is 0 Å². The van der Waals surface area contributed by atoms with Crippen LogP contribution in [0.5, 0.6) is 5.75 Å². The predicted octanol–water partition coefficient (Wildman–Crippen LogP) is 3.39. The quantitative estimate of drug-likeness (QED) is 0.781. The second-order valence-electron chi connectivity index (χ2n) is 4.99. The van der Waals surface area contributed by atoms with E-state index in [1.807, 2.05) is 0 Å². The molecule has 0 spiro atoms. The molecule has 1 atom stereocenters. The molecule has 0 fully saturated rings. The van der Waals surface area contributed by atoms with Crippen molar-refractivity contribution in [2.24, 2.45) is 0 Å². The second kappa shape index (κ2) is 8.18. The number of methoxy groups -OCH3 is 2. The van der Waals surface area contributed by atoms with Crippen LogP contribution < -0.4 is 10.1 Å². The molecule has 0 aliphatic heterocycles. The Bertz CT molecular complexity index is 383. The van der Waals surface area contributed by atoms with Crippen molar-refractivity contribution in [2.75, 3.05) is 27.4 Å². The highest BCUT2D eigenvalue weighted by Gasteiger charge is 2.18. The third-order valence-corrected chi connectivity index (χ3v) is 3.31. The molecule has 0 aliphatic rings. The Hall–Kier alpha value is -1.06. The van der Waals surface area contributed by atoms with Crippen molar-refractivity contribution in [1.29, 1.82) is 0 Å². The molecular weight excluding hydrogens is 238 g/mol. The number of nitrogens with one attached hydrogen (secondary N) is 1. The number of benzene rings is 1. The standard InChI is InChI=1S/C16H27NO2/c1-6-8-17-14(7-9-18-4)16-13(3)10-12(2)11-15(16)19-5/h10-11,14,17H,6-9H2,1-5H3. The van der Waals surface area contributed by atoms with E-state index >= 15 is 0 Å². The molecule has 0 aliphatic carbocycles. The fourth-order valence-corrected chi connectivity index (χ4v) is 2.46. The van der Waals surface area contributed by atoms with Crippen molar-refractivity contribution in [1.82, 2.24) is 5.32 Å². The summed E-state index contributed by atoms with van der Waals surface area (Å²) in [6, 6.07) is 4.61. The zero-order valence-electron chi connectivity index (χ0n) is 12.9. The van der Waals surface area contributed by atoms with E-state index in [1.54, 1.807) is 14.2 Å². The van der Waals surface area contributed by atoms with E-state index in [0.717, 1.165) is 31.7 Å². The van der Waals surface area contributed by atoms with E-state index in [-0.39, 0.29) is 6.04 Å². The Morgan fingerprint density at radius 1 is 1.21 bits per heavy atom. The average Bonchev–Trinajstić information content (AvgIpc) is 2.39. The molecule has 1 aromatic carbocycles. The van der Waals surface area contributed by atoms with Crippen LogP contribution in [-0.4, -0.2) is 27.4 Å². The third-order valence-electron chi connectivity index (χ3n) is 3.31.